The monoisotopic (exact) mass is 360 g/mol. The van der Waals surface area contributed by atoms with Gasteiger partial charge in [0.05, 0.1) is 15.5 Å². The maximum Gasteiger partial charge on any atom is 0.181 e. The molecule has 0 saturated carbocycles. The largest absolute Gasteiger partial charge is 0.261 e. The summed E-state index contributed by atoms with van der Waals surface area (Å²) in [5.41, 5.74) is 1.61. The smallest absolute Gasteiger partial charge is 0.181 e. The van der Waals surface area contributed by atoms with Crippen LogP contribution in [0.15, 0.2) is 18.6 Å². The molecule has 0 aliphatic heterocycles. The Balaban J connectivity index is 2.49. The average molecular weight is 361 g/mol. The van der Waals surface area contributed by atoms with Gasteiger partial charge in [0, 0.05) is 12.4 Å². The van der Waals surface area contributed by atoms with E-state index in [4.69, 9.17) is 11.6 Å². The summed E-state index contributed by atoms with van der Waals surface area (Å²) in [5.74, 6) is 0.534. The highest BCUT2D eigenvalue weighted by Crippen LogP contribution is 2.23. The van der Waals surface area contributed by atoms with E-state index in [1.807, 2.05) is 0 Å². The first-order chi connectivity index (χ1) is 8.22. The standard InChI is InChI=1S/C11H10ClIN4/c1-2-3-7-9(13)10(12)17-11(16-7)8-6-14-4-5-15-8/h4-6H,2-3H2,1H3. The Hall–Kier alpha value is -0.820. The van der Waals surface area contributed by atoms with E-state index >= 15 is 0 Å². The fourth-order valence-electron chi connectivity index (χ4n) is 1.39. The molecular weight excluding hydrogens is 351 g/mol. The third-order valence-electron chi connectivity index (χ3n) is 2.16. The molecule has 6 heteroatoms. The second-order valence-electron chi connectivity index (χ2n) is 3.44. The van der Waals surface area contributed by atoms with E-state index < -0.39 is 0 Å². The van der Waals surface area contributed by atoms with Crippen LogP contribution >= 0.6 is 34.2 Å². The Morgan fingerprint density at radius 1 is 1.29 bits per heavy atom. The van der Waals surface area contributed by atoms with Gasteiger partial charge in [-0.05, 0) is 29.0 Å². The molecule has 2 heterocycles. The Morgan fingerprint density at radius 3 is 2.76 bits per heavy atom. The molecule has 0 spiro atoms. The van der Waals surface area contributed by atoms with E-state index in [-0.39, 0.29) is 0 Å². The highest BCUT2D eigenvalue weighted by molar-refractivity contribution is 14.1. The van der Waals surface area contributed by atoms with Crippen LogP contribution in [0.5, 0.6) is 0 Å². The van der Waals surface area contributed by atoms with Gasteiger partial charge in [0.15, 0.2) is 5.82 Å². The van der Waals surface area contributed by atoms with Crippen LogP contribution in [0.3, 0.4) is 0 Å². The predicted octanol–water partition coefficient (Wildman–Crippen LogP) is 3.14. The van der Waals surface area contributed by atoms with Crippen molar-refractivity contribution in [3.63, 3.8) is 0 Å². The second kappa shape index (κ2) is 5.68. The molecule has 17 heavy (non-hydrogen) atoms. The first-order valence-electron chi connectivity index (χ1n) is 5.20. The normalized spacial score (nSPS) is 10.5. The molecule has 0 atom stereocenters. The minimum Gasteiger partial charge on any atom is -0.261 e. The zero-order valence-electron chi connectivity index (χ0n) is 9.19. The molecule has 0 N–H and O–H groups in total. The summed E-state index contributed by atoms with van der Waals surface area (Å²) in [6.45, 7) is 2.11. The van der Waals surface area contributed by atoms with Crippen molar-refractivity contribution in [2.24, 2.45) is 0 Å². The minimum atomic E-state index is 0.477. The number of halogens is 2. The van der Waals surface area contributed by atoms with Gasteiger partial charge in [-0.15, -0.1) is 0 Å². The van der Waals surface area contributed by atoms with Gasteiger partial charge in [0.2, 0.25) is 0 Å². The van der Waals surface area contributed by atoms with Gasteiger partial charge in [-0.2, -0.15) is 0 Å². The van der Waals surface area contributed by atoms with Gasteiger partial charge in [-0.25, -0.2) is 15.0 Å². The summed E-state index contributed by atoms with van der Waals surface area (Å²) in [7, 11) is 0. The Morgan fingerprint density at radius 2 is 2.12 bits per heavy atom. The second-order valence-corrected chi connectivity index (χ2v) is 4.88. The fraction of sp³-hybridized carbons (Fsp3) is 0.273. The maximum absolute atomic E-state index is 6.10. The van der Waals surface area contributed by atoms with Crippen molar-refractivity contribution < 1.29 is 0 Å². The predicted molar refractivity (Wildman–Crippen MR) is 74.8 cm³/mol. The van der Waals surface area contributed by atoms with Gasteiger partial charge < -0.3 is 0 Å². The Kier molecular flexibility index (Phi) is 4.22. The highest BCUT2D eigenvalue weighted by atomic mass is 127. The summed E-state index contributed by atoms with van der Waals surface area (Å²) in [6, 6.07) is 0. The van der Waals surface area contributed by atoms with Crippen LogP contribution in [0.4, 0.5) is 0 Å². The molecule has 0 aromatic carbocycles. The van der Waals surface area contributed by atoms with Crippen molar-refractivity contribution >= 4 is 34.2 Å². The molecule has 0 unspecified atom stereocenters. The molecule has 0 amide bonds. The molecule has 2 rings (SSSR count). The highest BCUT2D eigenvalue weighted by Gasteiger charge is 2.12. The molecule has 0 fully saturated rings. The number of rotatable bonds is 3. The number of aryl methyl sites for hydroxylation is 1. The third-order valence-corrected chi connectivity index (χ3v) is 3.88. The molecule has 0 bridgehead atoms. The Labute approximate surface area is 118 Å². The van der Waals surface area contributed by atoms with Crippen LogP contribution in [-0.4, -0.2) is 19.9 Å². The number of hydrogen-bond acceptors (Lipinski definition) is 4. The van der Waals surface area contributed by atoms with Crippen molar-refractivity contribution in [2.75, 3.05) is 0 Å². The molecule has 0 radical (unpaired) electrons. The molecular formula is C11H10ClIN4. The van der Waals surface area contributed by atoms with Crippen LogP contribution in [0.2, 0.25) is 5.15 Å². The molecule has 2 aromatic heterocycles. The van der Waals surface area contributed by atoms with E-state index in [0.29, 0.717) is 16.7 Å². The molecule has 2 aromatic rings. The lowest BCUT2D eigenvalue weighted by Crippen LogP contribution is -2.01. The fourth-order valence-corrected chi connectivity index (χ4v) is 2.09. The van der Waals surface area contributed by atoms with Crippen LogP contribution in [0, 0.1) is 3.57 Å². The summed E-state index contributed by atoms with van der Waals surface area (Å²) in [6.07, 6.45) is 6.76. The van der Waals surface area contributed by atoms with E-state index in [1.54, 1.807) is 18.6 Å². The summed E-state index contributed by atoms with van der Waals surface area (Å²) in [5, 5.41) is 0.477. The SMILES string of the molecule is CCCc1nc(-c2cnccn2)nc(Cl)c1I. The quantitative estimate of drug-likeness (QED) is 0.623. The van der Waals surface area contributed by atoms with E-state index in [0.717, 1.165) is 22.1 Å². The van der Waals surface area contributed by atoms with Crippen molar-refractivity contribution in [2.45, 2.75) is 19.8 Å². The lowest BCUT2D eigenvalue weighted by molar-refractivity contribution is 0.865. The molecule has 4 nitrogen and oxygen atoms in total. The summed E-state index contributed by atoms with van der Waals surface area (Å²) >= 11 is 8.27. The van der Waals surface area contributed by atoms with Crippen molar-refractivity contribution in [1.29, 1.82) is 0 Å². The summed E-state index contributed by atoms with van der Waals surface area (Å²) in [4.78, 5) is 16.9. The van der Waals surface area contributed by atoms with Crippen molar-refractivity contribution in [3.8, 4) is 11.5 Å². The van der Waals surface area contributed by atoms with Crippen LogP contribution in [0.1, 0.15) is 19.0 Å². The molecule has 0 saturated heterocycles. The third kappa shape index (κ3) is 2.90. The number of hydrogen-bond donors (Lipinski definition) is 0. The van der Waals surface area contributed by atoms with Gasteiger partial charge in [-0.3, -0.25) is 4.98 Å². The number of nitrogens with zero attached hydrogens (tertiary/aromatic N) is 4. The zero-order chi connectivity index (χ0) is 12.3. The lowest BCUT2D eigenvalue weighted by Gasteiger charge is -2.06. The lowest BCUT2D eigenvalue weighted by atomic mass is 10.2. The van der Waals surface area contributed by atoms with Crippen LogP contribution < -0.4 is 0 Å². The number of aromatic nitrogens is 4. The minimum absolute atomic E-state index is 0.477. The van der Waals surface area contributed by atoms with E-state index in [1.165, 1.54) is 0 Å². The van der Waals surface area contributed by atoms with E-state index in [2.05, 4.69) is 49.5 Å². The first-order valence-corrected chi connectivity index (χ1v) is 6.66. The van der Waals surface area contributed by atoms with Gasteiger partial charge in [0.25, 0.3) is 0 Å². The molecule has 0 aliphatic carbocycles. The van der Waals surface area contributed by atoms with Gasteiger partial charge >= 0.3 is 0 Å². The topological polar surface area (TPSA) is 51.6 Å². The summed E-state index contributed by atoms with van der Waals surface area (Å²) < 4.78 is 0.916. The molecule has 0 aliphatic rings. The van der Waals surface area contributed by atoms with Crippen molar-refractivity contribution in [3.05, 3.63) is 33.0 Å². The maximum atomic E-state index is 6.10. The van der Waals surface area contributed by atoms with Gasteiger partial charge in [-0.1, -0.05) is 24.9 Å². The zero-order valence-corrected chi connectivity index (χ0v) is 12.1. The van der Waals surface area contributed by atoms with Crippen LogP contribution in [-0.2, 0) is 6.42 Å². The average Bonchev–Trinajstić information content (AvgIpc) is 2.36. The molecule has 88 valence electrons. The van der Waals surface area contributed by atoms with Gasteiger partial charge in [0.1, 0.15) is 10.8 Å². The van der Waals surface area contributed by atoms with Crippen LogP contribution in [0.25, 0.3) is 11.5 Å². The van der Waals surface area contributed by atoms with E-state index in [9.17, 15) is 0 Å². The Bertz CT molecular complexity index is 518. The first kappa shape index (κ1) is 12.6. The van der Waals surface area contributed by atoms with Crippen molar-refractivity contribution in [1.82, 2.24) is 19.9 Å².